The number of ether oxygens (including phenoxy) is 1. The summed E-state index contributed by atoms with van der Waals surface area (Å²) in [6.45, 7) is 4.21. The summed E-state index contributed by atoms with van der Waals surface area (Å²) in [5.41, 5.74) is 2.31. The summed E-state index contributed by atoms with van der Waals surface area (Å²) in [6.07, 6.45) is 5.37. The van der Waals surface area contributed by atoms with Gasteiger partial charge >= 0.3 is 0 Å². The molecule has 0 saturated carbocycles. The minimum absolute atomic E-state index is 0.0618. The molecule has 6 heteroatoms. The molecule has 1 fully saturated rings. The second kappa shape index (κ2) is 8.07. The Morgan fingerprint density at radius 1 is 1.28 bits per heavy atom. The lowest BCUT2D eigenvalue weighted by atomic mass is 10.0. The summed E-state index contributed by atoms with van der Waals surface area (Å²) in [6, 6.07) is 7.59. The maximum Gasteiger partial charge on any atom is 0.253 e. The molecule has 1 N–H and O–H groups in total. The van der Waals surface area contributed by atoms with Gasteiger partial charge in [-0.25, -0.2) is 4.98 Å². The van der Waals surface area contributed by atoms with E-state index >= 15 is 0 Å². The molecule has 1 saturated heterocycles. The number of rotatable bonds is 5. The maximum atomic E-state index is 12.8. The molecule has 1 amide bonds. The number of nitrogens with zero attached hydrogens (tertiary/aromatic N) is 3. The van der Waals surface area contributed by atoms with Gasteiger partial charge in [-0.2, -0.15) is 0 Å². The minimum Gasteiger partial charge on any atom is -0.378 e. The van der Waals surface area contributed by atoms with Crippen LogP contribution in [0.3, 0.4) is 0 Å². The maximum absolute atomic E-state index is 12.8. The molecule has 3 rings (SSSR count). The molecule has 6 nitrogen and oxygen atoms in total. The van der Waals surface area contributed by atoms with Gasteiger partial charge in [0.1, 0.15) is 5.69 Å². The summed E-state index contributed by atoms with van der Waals surface area (Å²) >= 11 is 0. The molecule has 2 aromatic rings. The van der Waals surface area contributed by atoms with E-state index in [0.29, 0.717) is 11.4 Å². The van der Waals surface area contributed by atoms with Crippen molar-refractivity contribution in [2.75, 3.05) is 32.1 Å². The van der Waals surface area contributed by atoms with Crippen molar-refractivity contribution in [3.63, 3.8) is 0 Å². The summed E-state index contributed by atoms with van der Waals surface area (Å²) < 4.78 is 5.66. The molecule has 0 bridgehead atoms. The van der Waals surface area contributed by atoms with Gasteiger partial charge in [-0.1, -0.05) is 12.1 Å². The highest BCUT2D eigenvalue weighted by Crippen LogP contribution is 2.25. The zero-order valence-corrected chi connectivity index (χ0v) is 14.7. The highest BCUT2D eigenvalue weighted by atomic mass is 16.5. The Labute approximate surface area is 148 Å². The second-order valence-corrected chi connectivity index (χ2v) is 6.03. The Hall–Kier alpha value is -2.47. The third kappa shape index (κ3) is 3.96. The fourth-order valence-electron chi connectivity index (χ4n) is 3.18. The normalized spacial score (nSPS) is 15.2. The SMILES string of the molecule is CCOC1CCN(C(=O)c2cccc(-c3nccnc3NC)c2)CC1. The Morgan fingerprint density at radius 2 is 2.04 bits per heavy atom. The average molecular weight is 340 g/mol. The lowest BCUT2D eigenvalue weighted by molar-refractivity contribution is 0.0146. The molecule has 2 heterocycles. The summed E-state index contributed by atoms with van der Waals surface area (Å²) in [4.78, 5) is 23.4. The highest BCUT2D eigenvalue weighted by molar-refractivity contribution is 5.95. The molecule has 1 aliphatic heterocycles. The molecule has 25 heavy (non-hydrogen) atoms. The minimum atomic E-state index is 0.0618. The lowest BCUT2D eigenvalue weighted by Gasteiger charge is -2.31. The van der Waals surface area contributed by atoms with Crippen LogP contribution in [0.25, 0.3) is 11.3 Å². The number of nitrogens with one attached hydrogen (secondary N) is 1. The van der Waals surface area contributed by atoms with Crippen molar-refractivity contribution in [1.29, 1.82) is 0 Å². The van der Waals surface area contributed by atoms with E-state index in [1.54, 1.807) is 12.4 Å². The number of likely N-dealkylation sites (tertiary alicyclic amines) is 1. The lowest BCUT2D eigenvalue weighted by Crippen LogP contribution is -2.40. The van der Waals surface area contributed by atoms with Crippen LogP contribution in [0.5, 0.6) is 0 Å². The van der Waals surface area contributed by atoms with E-state index in [1.807, 2.05) is 43.1 Å². The van der Waals surface area contributed by atoms with Gasteiger partial charge in [0.2, 0.25) is 0 Å². The predicted octanol–water partition coefficient (Wildman–Crippen LogP) is 2.83. The Bertz CT molecular complexity index is 727. The standard InChI is InChI=1S/C19H24N4O2/c1-3-25-16-7-11-23(12-8-16)19(24)15-6-4-5-14(13-15)17-18(20-2)22-10-9-21-17/h4-6,9-10,13,16H,3,7-8,11-12H2,1-2H3,(H,20,22). The Morgan fingerprint density at radius 3 is 2.76 bits per heavy atom. The van der Waals surface area contributed by atoms with Crippen LogP contribution < -0.4 is 5.32 Å². The first-order valence-electron chi connectivity index (χ1n) is 8.73. The zero-order valence-electron chi connectivity index (χ0n) is 14.7. The molecule has 1 aromatic heterocycles. The molecule has 1 aromatic carbocycles. The first kappa shape index (κ1) is 17.4. The number of carbonyl (C=O) groups is 1. The van der Waals surface area contributed by atoms with E-state index < -0.39 is 0 Å². The van der Waals surface area contributed by atoms with Gasteiger partial charge in [0.25, 0.3) is 5.91 Å². The fraction of sp³-hybridized carbons (Fsp3) is 0.421. The number of hydrogen-bond acceptors (Lipinski definition) is 5. The third-order valence-corrected chi connectivity index (χ3v) is 4.45. The van der Waals surface area contributed by atoms with Crippen molar-refractivity contribution in [2.45, 2.75) is 25.9 Å². The van der Waals surface area contributed by atoms with E-state index in [4.69, 9.17) is 4.74 Å². The molecule has 0 unspecified atom stereocenters. The van der Waals surface area contributed by atoms with Crippen molar-refractivity contribution >= 4 is 11.7 Å². The van der Waals surface area contributed by atoms with Gasteiger partial charge in [0.15, 0.2) is 5.82 Å². The van der Waals surface area contributed by atoms with Crippen molar-refractivity contribution in [3.8, 4) is 11.3 Å². The molecule has 132 valence electrons. The number of aromatic nitrogens is 2. The number of anilines is 1. The van der Waals surface area contributed by atoms with Crippen LogP contribution in [-0.4, -0.2) is 53.6 Å². The van der Waals surface area contributed by atoms with Gasteiger partial charge in [-0.15, -0.1) is 0 Å². The largest absolute Gasteiger partial charge is 0.378 e. The van der Waals surface area contributed by atoms with Crippen LogP contribution in [0.1, 0.15) is 30.1 Å². The van der Waals surface area contributed by atoms with E-state index in [-0.39, 0.29) is 12.0 Å². The van der Waals surface area contributed by atoms with Gasteiger partial charge in [0.05, 0.1) is 6.10 Å². The van der Waals surface area contributed by atoms with Gasteiger partial charge in [0, 0.05) is 50.3 Å². The first-order chi connectivity index (χ1) is 12.2. The number of amides is 1. The average Bonchev–Trinajstić information content (AvgIpc) is 2.68. The number of hydrogen-bond donors (Lipinski definition) is 1. The quantitative estimate of drug-likeness (QED) is 0.906. The van der Waals surface area contributed by atoms with E-state index in [9.17, 15) is 4.79 Å². The zero-order chi connectivity index (χ0) is 17.6. The number of benzene rings is 1. The van der Waals surface area contributed by atoms with Gasteiger partial charge in [-0.05, 0) is 31.9 Å². The second-order valence-electron chi connectivity index (χ2n) is 6.03. The van der Waals surface area contributed by atoms with Crippen molar-refractivity contribution < 1.29 is 9.53 Å². The summed E-state index contributed by atoms with van der Waals surface area (Å²) in [5, 5.41) is 3.04. The smallest absolute Gasteiger partial charge is 0.253 e. The van der Waals surface area contributed by atoms with Crippen molar-refractivity contribution in [2.24, 2.45) is 0 Å². The summed E-state index contributed by atoms with van der Waals surface area (Å²) in [7, 11) is 1.81. The van der Waals surface area contributed by atoms with Crippen molar-refractivity contribution in [3.05, 3.63) is 42.2 Å². The van der Waals surface area contributed by atoms with E-state index in [1.165, 1.54) is 0 Å². The van der Waals surface area contributed by atoms with Crippen LogP contribution in [0.2, 0.25) is 0 Å². The number of carbonyl (C=O) groups excluding carboxylic acids is 1. The third-order valence-electron chi connectivity index (χ3n) is 4.45. The van der Waals surface area contributed by atoms with E-state index in [2.05, 4.69) is 15.3 Å². The Kier molecular flexibility index (Phi) is 5.60. The van der Waals surface area contributed by atoms with E-state index in [0.717, 1.165) is 43.8 Å². The van der Waals surface area contributed by atoms with Crippen LogP contribution in [0, 0.1) is 0 Å². The van der Waals surface area contributed by atoms with Crippen LogP contribution in [0.4, 0.5) is 5.82 Å². The molecule has 0 aliphatic carbocycles. The fourth-order valence-corrected chi connectivity index (χ4v) is 3.18. The van der Waals surface area contributed by atoms with Crippen molar-refractivity contribution in [1.82, 2.24) is 14.9 Å². The topological polar surface area (TPSA) is 67.3 Å². The molecule has 1 aliphatic rings. The Balaban J connectivity index is 1.77. The molecule has 0 spiro atoms. The molecular weight excluding hydrogens is 316 g/mol. The van der Waals surface area contributed by atoms with Gasteiger partial charge in [-0.3, -0.25) is 9.78 Å². The molecular formula is C19H24N4O2. The van der Waals surface area contributed by atoms with Crippen LogP contribution >= 0.6 is 0 Å². The predicted molar refractivity (Wildman–Crippen MR) is 97.6 cm³/mol. The monoisotopic (exact) mass is 340 g/mol. The highest BCUT2D eigenvalue weighted by Gasteiger charge is 2.24. The molecule has 0 radical (unpaired) electrons. The van der Waals surface area contributed by atoms with Crippen LogP contribution in [0.15, 0.2) is 36.7 Å². The molecule has 0 atom stereocenters. The number of piperidine rings is 1. The first-order valence-corrected chi connectivity index (χ1v) is 8.73. The van der Waals surface area contributed by atoms with Gasteiger partial charge < -0.3 is 15.0 Å². The summed E-state index contributed by atoms with van der Waals surface area (Å²) in [5.74, 6) is 0.760. The van der Waals surface area contributed by atoms with Crippen LogP contribution in [-0.2, 0) is 4.74 Å².